The molecule has 2 aliphatic rings. The molecule has 0 spiro atoms. The van der Waals surface area contributed by atoms with Gasteiger partial charge in [0.25, 0.3) is 0 Å². The molecule has 0 unspecified atom stereocenters. The summed E-state index contributed by atoms with van der Waals surface area (Å²) in [7, 11) is 0. The number of fused-ring (bicyclic) bond motifs is 4. The zero-order valence-electron chi connectivity index (χ0n) is 31.1. The lowest BCUT2D eigenvalue weighted by Crippen LogP contribution is -2.19. The molecule has 0 N–H and O–H groups in total. The number of hydrogen-bond donors (Lipinski definition) is 0. The molecular formula is C52H42FN. The molecule has 0 saturated carbocycles. The zero-order chi connectivity index (χ0) is 37.0. The molecule has 2 aliphatic carbocycles. The number of anilines is 3. The predicted molar refractivity (Wildman–Crippen MR) is 227 cm³/mol. The van der Waals surface area contributed by atoms with Crippen LogP contribution in [0.25, 0.3) is 45.6 Å². The van der Waals surface area contributed by atoms with E-state index >= 15 is 4.39 Å². The highest BCUT2D eigenvalue weighted by Gasteiger charge is 2.49. The van der Waals surface area contributed by atoms with Gasteiger partial charge in [-0.3, -0.25) is 0 Å². The topological polar surface area (TPSA) is 3.24 Å². The summed E-state index contributed by atoms with van der Waals surface area (Å²) >= 11 is 0. The van der Waals surface area contributed by atoms with Crippen LogP contribution in [0.5, 0.6) is 0 Å². The lowest BCUT2D eigenvalue weighted by Gasteiger charge is -2.29. The first-order valence-corrected chi connectivity index (χ1v) is 18.8. The van der Waals surface area contributed by atoms with Gasteiger partial charge < -0.3 is 4.90 Å². The van der Waals surface area contributed by atoms with Gasteiger partial charge >= 0.3 is 0 Å². The maximum atomic E-state index is 16.8. The third-order valence-corrected chi connectivity index (χ3v) is 11.5. The number of halogens is 1. The minimum absolute atomic E-state index is 0.0319. The van der Waals surface area contributed by atoms with Crippen molar-refractivity contribution in [2.45, 2.75) is 38.5 Å². The molecule has 1 nitrogen and oxygen atoms in total. The van der Waals surface area contributed by atoms with Crippen LogP contribution in [0.4, 0.5) is 21.5 Å². The highest BCUT2D eigenvalue weighted by atomic mass is 19.1. The fourth-order valence-electron chi connectivity index (χ4n) is 8.86. The molecule has 54 heavy (non-hydrogen) atoms. The second-order valence-corrected chi connectivity index (χ2v) is 15.5. The molecule has 7 aromatic rings. The molecule has 0 heterocycles. The minimum atomic E-state index is -0.282. The van der Waals surface area contributed by atoms with E-state index in [0.29, 0.717) is 5.69 Å². The van der Waals surface area contributed by atoms with Crippen LogP contribution in [0.3, 0.4) is 0 Å². The fourth-order valence-corrected chi connectivity index (χ4v) is 8.86. The highest BCUT2D eigenvalue weighted by Crippen LogP contribution is 2.62. The van der Waals surface area contributed by atoms with Crippen molar-refractivity contribution in [3.63, 3.8) is 0 Å². The standard InChI is InChI=1S/C52H42FN/c1-51(2)45-23-15-14-22-42(45)48-49(51)43-31-28-36(32-46(43)52(48,3)4)25-24-35-26-29-41(30-27-35)54(40-20-12-7-13-21-40)50-44(38-18-10-6-11-19-38)33-39(34-47(50)53)37-16-8-5-9-17-37/h5-34H,1-4H3. The Bertz CT molecular complexity index is 2580. The summed E-state index contributed by atoms with van der Waals surface area (Å²) in [5, 5.41) is 0. The summed E-state index contributed by atoms with van der Waals surface area (Å²) in [4.78, 5) is 2.04. The average Bonchev–Trinajstić information content (AvgIpc) is 3.60. The first kappa shape index (κ1) is 33.6. The molecule has 0 fully saturated rings. The Labute approximate surface area is 318 Å². The lowest BCUT2D eigenvalue weighted by atomic mass is 9.75. The number of para-hydroxylation sites is 1. The van der Waals surface area contributed by atoms with Crippen molar-refractivity contribution in [3.05, 3.63) is 209 Å². The molecule has 7 aromatic carbocycles. The van der Waals surface area contributed by atoms with Crippen LogP contribution in [-0.2, 0) is 10.8 Å². The second kappa shape index (κ2) is 13.0. The SMILES string of the molecule is CC1(C)C2=C(c3ccccc31)C(C)(C)c1cc(C=Cc3ccc(N(c4ccccc4)c4c(F)cc(-c5ccccc5)cc4-c4ccccc4)cc3)ccc12. The van der Waals surface area contributed by atoms with Gasteiger partial charge in [-0.15, -0.1) is 0 Å². The maximum Gasteiger partial charge on any atom is 0.148 e. The quantitative estimate of drug-likeness (QED) is 0.150. The molecule has 0 radical (unpaired) electrons. The smallest absolute Gasteiger partial charge is 0.148 e. The Morgan fingerprint density at radius 2 is 0.944 bits per heavy atom. The molecular weight excluding hydrogens is 658 g/mol. The Morgan fingerprint density at radius 3 is 1.63 bits per heavy atom. The fraction of sp³-hybridized carbons (Fsp3) is 0.115. The predicted octanol–water partition coefficient (Wildman–Crippen LogP) is 14.3. The molecule has 0 aliphatic heterocycles. The summed E-state index contributed by atoms with van der Waals surface area (Å²) < 4.78 is 16.8. The van der Waals surface area contributed by atoms with E-state index < -0.39 is 0 Å². The molecule has 9 rings (SSSR count). The first-order valence-electron chi connectivity index (χ1n) is 18.8. The zero-order valence-corrected chi connectivity index (χ0v) is 31.1. The molecule has 0 amide bonds. The molecule has 0 saturated heterocycles. The minimum Gasteiger partial charge on any atom is -0.307 e. The van der Waals surface area contributed by atoms with Crippen molar-refractivity contribution in [2.24, 2.45) is 0 Å². The first-order chi connectivity index (χ1) is 26.2. The average molecular weight is 700 g/mol. The van der Waals surface area contributed by atoms with E-state index in [2.05, 4.69) is 113 Å². The van der Waals surface area contributed by atoms with Gasteiger partial charge in [0.15, 0.2) is 0 Å². The summed E-state index contributed by atoms with van der Waals surface area (Å²) in [6.07, 6.45) is 4.38. The third-order valence-electron chi connectivity index (χ3n) is 11.5. The van der Waals surface area contributed by atoms with Crippen LogP contribution in [0.1, 0.15) is 61.1 Å². The molecule has 0 bridgehead atoms. The van der Waals surface area contributed by atoms with Gasteiger partial charge in [0.1, 0.15) is 5.82 Å². The Hall–Kier alpha value is -6.25. The summed E-state index contributed by atoms with van der Waals surface area (Å²) in [6, 6.07) is 58.2. The van der Waals surface area contributed by atoms with Gasteiger partial charge in [0.2, 0.25) is 0 Å². The molecule has 262 valence electrons. The normalized spacial score (nSPS) is 14.9. The maximum absolute atomic E-state index is 16.8. The Kier molecular flexibility index (Phi) is 8.08. The van der Waals surface area contributed by atoms with Crippen LogP contribution in [0.2, 0.25) is 0 Å². The van der Waals surface area contributed by atoms with Gasteiger partial charge in [-0.1, -0.05) is 173 Å². The number of nitrogens with zero attached hydrogens (tertiary/aromatic N) is 1. The van der Waals surface area contributed by atoms with Crippen molar-refractivity contribution in [1.82, 2.24) is 0 Å². The molecule has 0 aromatic heterocycles. The van der Waals surface area contributed by atoms with Gasteiger partial charge in [-0.05, 0) is 97.6 Å². The number of allylic oxidation sites excluding steroid dienone is 2. The van der Waals surface area contributed by atoms with E-state index in [1.165, 1.54) is 39.0 Å². The van der Waals surface area contributed by atoms with E-state index in [1.807, 2.05) is 95.9 Å². The van der Waals surface area contributed by atoms with Crippen molar-refractivity contribution in [1.29, 1.82) is 0 Å². The van der Waals surface area contributed by atoms with Gasteiger partial charge in [-0.2, -0.15) is 0 Å². The largest absolute Gasteiger partial charge is 0.307 e. The van der Waals surface area contributed by atoms with E-state index in [-0.39, 0.29) is 16.6 Å². The molecule has 0 atom stereocenters. The number of hydrogen-bond acceptors (Lipinski definition) is 1. The van der Waals surface area contributed by atoms with E-state index in [4.69, 9.17) is 0 Å². The van der Waals surface area contributed by atoms with Gasteiger partial charge in [0, 0.05) is 27.8 Å². The monoisotopic (exact) mass is 699 g/mol. The highest BCUT2D eigenvalue weighted by molar-refractivity contribution is 6.09. The van der Waals surface area contributed by atoms with Gasteiger partial charge in [-0.25, -0.2) is 4.39 Å². The molecule has 2 heteroatoms. The Morgan fingerprint density at radius 1 is 0.426 bits per heavy atom. The van der Waals surface area contributed by atoms with Crippen LogP contribution in [0.15, 0.2) is 170 Å². The number of benzene rings is 7. The summed E-state index contributed by atoms with van der Waals surface area (Å²) in [5.74, 6) is -0.282. The van der Waals surface area contributed by atoms with Crippen LogP contribution in [-0.4, -0.2) is 0 Å². The lowest BCUT2D eigenvalue weighted by molar-refractivity contribution is 0.630. The number of rotatable bonds is 7. The van der Waals surface area contributed by atoms with E-state index in [9.17, 15) is 0 Å². The summed E-state index contributed by atoms with van der Waals surface area (Å²) in [6.45, 7) is 9.48. The Balaban J connectivity index is 1.07. The van der Waals surface area contributed by atoms with Crippen LogP contribution in [0, 0.1) is 5.82 Å². The van der Waals surface area contributed by atoms with Crippen molar-refractivity contribution >= 4 is 40.4 Å². The third kappa shape index (κ3) is 5.53. The van der Waals surface area contributed by atoms with Crippen LogP contribution >= 0.6 is 0 Å². The second-order valence-electron chi connectivity index (χ2n) is 15.5. The van der Waals surface area contributed by atoms with Crippen molar-refractivity contribution < 1.29 is 4.39 Å². The van der Waals surface area contributed by atoms with Crippen LogP contribution < -0.4 is 4.90 Å². The van der Waals surface area contributed by atoms with Crippen molar-refractivity contribution in [3.8, 4) is 22.3 Å². The van der Waals surface area contributed by atoms with Crippen molar-refractivity contribution in [2.75, 3.05) is 4.90 Å². The summed E-state index contributed by atoms with van der Waals surface area (Å²) in [5.41, 5.74) is 16.5. The van der Waals surface area contributed by atoms with E-state index in [0.717, 1.165) is 39.2 Å². The van der Waals surface area contributed by atoms with E-state index in [1.54, 1.807) is 6.07 Å². The van der Waals surface area contributed by atoms with Gasteiger partial charge in [0.05, 0.1) is 5.69 Å².